The van der Waals surface area contributed by atoms with Crippen LogP contribution in [0.3, 0.4) is 0 Å². The average Bonchev–Trinajstić information content (AvgIpc) is 2.83. The summed E-state index contributed by atoms with van der Waals surface area (Å²) in [4.78, 5) is 12.0. The standard InChI is InChI=1S/C13H14ClF2N3.HNO2/c1-3-10-11(14)12(19(4-2)18-10)9-7-17-6-5-8(9)13(15)16;2-1-3/h5-7,13H,3-4H2,1-2H3;(H,2,3). The van der Waals surface area contributed by atoms with Crippen molar-refractivity contribution in [3.8, 4) is 11.3 Å². The van der Waals surface area contributed by atoms with Crippen molar-refractivity contribution in [3.63, 3.8) is 0 Å². The van der Waals surface area contributed by atoms with Crippen molar-refractivity contribution in [1.29, 1.82) is 0 Å². The molecule has 0 amide bonds. The van der Waals surface area contributed by atoms with Crippen LogP contribution < -0.4 is 0 Å². The second-order valence-electron chi connectivity index (χ2n) is 4.12. The third-order valence-corrected chi connectivity index (χ3v) is 3.34. The van der Waals surface area contributed by atoms with Crippen LogP contribution in [0, 0.1) is 4.91 Å². The molecule has 2 aromatic rings. The Morgan fingerprint density at radius 2 is 2.09 bits per heavy atom. The van der Waals surface area contributed by atoms with E-state index in [4.69, 9.17) is 21.7 Å². The molecule has 6 nitrogen and oxygen atoms in total. The molecule has 120 valence electrons. The van der Waals surface area contributed by atoms with Gasteiger partial charge in [-0.2, -0.15) is 5.10 Å². The van der Waals surface area contributed by atoms with Crippen molar-refractivity contribution < 1.29 is 14.0 Å². The highest BCUT2D eigenvalue weighted by Gasteiger charge is 2.22. The molecule has 2 heterocycles. The van der Waals surface area contributed by atoms with Crippen LogP contribution in [0.4, 0.5) is 8.78 Å². The molecular formula is C13H15ClF2N4O2. The number of aromatic nitrogens is 3. The smallest absolute Gasteiger partial charge is 0.264 e. The van der Waals surface area contributed by atoms with Crippen molar-refractivity contribution in [2.45, 2.75) is 33.2 Å². The number of nitrogens with zero attached hydrogens (tertiary/aromatic N) is 4. The first-order valence-electron chi connectivity index (χ1n) is 6.45. The highest BCUT2D eigenvalue weighted by molar-refractivity contribution is 6.33. The summed E-state index contributed by atoms with van der Waals surface area (Å²) in [6.45, 7) is 4.38. The first kappa shape index (κ1) is 18.0. The topological polar surface area (TPSA) is 80.4 Å². The van der Waals surface area contributed by atoms with Crippen LogP contribution in [0.1, 0.15) is 31.5 Å². The number of halogens is 3. The number of pyridine rings is 1. The van der Waals surface area contributed by atoms with Gasteiger partial charge in [0.05, 0.1) is 16.4 Å². The molecule has 2 aromatic heterocycles. The molecule has 0 aliphatic heterocycles. The zero-order valence-electron chi connectivity index (χ0n) is 12.0. The quantitative estimate of drug-likeness (QED) is 0.670. The number of alkyl halides is 2. The third-order valence-electron chi connectivity index (χ3n) is 2.94. The Morgan fingerprint density at radius 1 is 1.45 bits per heavy atom. The van der Waals surface area contributed by atoms with Gasteiger partial charge in [0.25, 0.3) is 6.43 Å². The van der Waals surface area contributed by atoms with Crippen molar-refractivity contribution in [1.82, 2.24) is 14.8 Å². The van der Waals surface area contributed by atoms with Crippen molar-refractivity contribution in [2.24, 2.45) is 5.34 Å². The highest BCUT2D eigenvalue weighted by atomic mass is 35.5. The summed E-state index contributed by atoms with van der Waals surface area (Å²) in [5.41, 5.74) is 1.50. The lowest BCUT2D eigenvalue weighted by atomic mass is 10.1. The SMILES string of the molecule is CCc1nn(CC)c(-c2cnccc2C(F)F)c1Cl.O=NO. The summed E-state index contributed by atoms with van der Waals surface area (Å²) >= 11 is 6.26. The molecule has 0 saturated heterocycles. The molecule has 9 heteroatoms. The van der Waals surface area contributed by atoms with E-state index in [1.807, 2.05) is 13.8 Å². The van der Waals surface area contributed by atoms with Crippen LogP contribution in [0.15, 0.2) is 23.8 Å². The fraction of sp³-hybridized carbons (Fsp3) is 0.385. The van der Waals surface area contributed by atoms with E-state index < -0.39 is 6.43 Å². The van der Waals surface area contributed by atoms with Gasteiger partial charge in [-0.1, -0.05) is 18.5 Å². The summed E-state index contributed by atoms with van der Waals surface area (Å²) in [5, 5.41) is 12.7. The Kier molecular flexibility index (Phi) is 6.84. The Morgan fingerprint density at radius 3 is 2.59 bits per heavy atom. The van der Waals surface area contributed by atoms with Crippen LogP contribution in [0.2, 0.25) is 5.02 Å². The average molecular weight is 333 g/mol. The monoisotopic (exact) mass is 332 g/mol. The molecule has 0 radical (unpaired) electrons. The maximum Gasteiger partial charge on any atom is 0.264 e. The summed E-state index contributed by atoms with van der Waals surface area (Å²) in [5.74, 6) is 0. The van der Waals surface area contributed by atoms with E-state index in [2.05, 4.69) is 10.1 Å². The fourth-order valence-electron chi connectivity index (χ4n) is 1.99. The molecule has 0 aliphatic rings. The lowest BCUT2D eigenvalue weighted by molar-refractivity contribution is 0.152. The minimum atomic E-state index is -2.57. The molecule has 0 bridgehead atoms. The molecule has 0 unspecified atom stereocenters. The lowest BCUT2D eigenvalue weighted by Gasteiger charge is -2.10. The molecule has 0 atom stereocenters. The molecule has 0 aliphatic carbocycles. The van der Waals surface area contributed by atoms with Gasteiger partial charge < -0.3 is 5.21 Å². The predicted octanol–water partition coefficient (Wildman–Crippen LogP) is 4.26. The molecule has 2 rings (SSSR count). The molecule has 1 N–H and O–H groups in total. The fourth-order valence-corrected chi connectivity index (χ4v) is 2.37. The molecule has 0 fully saturated rings. The Bertz CT molecular complexity index is 634. The van der Waals surface area contributed by atoms with Gasteiger partial charge in [0.2, 0.25) is 0 Å². The number of hydrogen-bond donors (Lipinski definition) is 1. The minimum absolute atomic E-state index is 0.0749. The van der Waals surface area contributed by atoms with Gasteiger partial charge in [0.1, 0.15) is 0 Å². The maximum atomic E-state index is 13.1. The summed E-state index contributed by atoms with van der Waals surface area (Å²) in [7, 11) is 0. The van der Waals surface area contributed by atoms with E-state index in [1.165, 1.54) is 23.8 Å². The van der Waals surface area contributed by atoms with Crippen molar-refractivity contribution in [2.75, 3.05) is 0 Å². The van der Waals surface area contributed by atoms with E-state index in [1.54, 1.807) is 4.68 Å². The van der Waals surface area contributed by atoms with E-state index in [9.17, 15) is 8.78 Å². The first-order valence-corrected chi connectivity index (χ1v) is 6.83. The van der Waals surface area contributed by atoms with Crippen LogP contribution in [-0.4, -0.2) is 20.0 Å². The van der Waals surface area contributed by atoms with E-state index in [0.29, 0.717) is 34.9 Å². The van der Waals surface area contributed by atoms with Gasteiger partial charge in [-0.05, 0) is 19.4 Å². The van der Waals surface area contributed by atoms with Crippen LogP contribution in [0.5, 0.6) is 0 Å². The number of hydrogen-bond acceptors (Lipinski definition) is 4. The highest BCUT2D eigenvalue weighted by Crippen LogP contribution is 2.36. The van der Waals surface area contributed by atoms with Gasteiger partial charge in [-0.15, -0.1) is 4.91 Å². The normalized spacial score (nSPS) is 10.3. The van der Waals surface area contributed by atoms with Crippen LogP contribution >= 0.6 is 11.6 Å². The zero-order valence-corrected chi connectivity index (χ0v) is 12.8. The molecule has 0 aromatic carbocycles. The third kappa shape index (κ3) is 3.76. The largest absolute Gasteiger partial charge is 0.379 e. The minimum Gasteiger partial charge on any atom is -0.379 e. The van der Waals surface area contributed by atoms with Gasteiger partial charge in [-0.25, -0.2) is 8.78 Å². The number of aryl methyl sites for hydroxylation is 2. The summed E-state index contributed by atoms with van der Waals surface area (Å²) in [6, 6.07) is 1.31. The predicted molar refractivity (Wildman–Crippen MR) is 78.1 cm³/mol. The number of rotatable bonds is 4. The maximum absolute atomic E-state index is 13.1. The van der Waals surface area contributed by atoms with E-state index >= 15 is 0 Å². The Balaban J connectivity index is 0.000000745. The zero-order chi connectivity index (χ0) is 16.7. The van der Waals surface area contributed by atoms with E-state index in [0.717, 1.165) is 0 Å². The molecule has 22 heavy (non-hydrogen) atoms. The molecule has 0 spiro atoms. The molecule has 0 saturated carbocycles. The van der Waals surface area contributed by atoms with E-state index in [-0.39, 0.29) is 5.56 Å². The summed E-state index contributed by atoms with van der Waals surface area (Å²) in [6.07, 6.45) is 0.852. The van der Waals surface area contributed by atoms with Gasteiger partial charge >= 0.3 is 0 Å². The summed E-state index contributed by atoms with van der Waals surface area (Å²) < 4.78 is 27.8. The Hall–Kier alpha value is -2.09. The Labute approximate surface area is 130 Å². The first-order chi connectivity index (χ1) is 10.5. The molecular weight excluding hydrogens is 318 g/mol. The van der Waals surface area contributed by atoms with Gasteiger partial charge in [0, 0.05) is 30.1 Å². The van der Waals surface area contributed by atoms with Crippen molar-refractivity contribution >= 4 is 11.6 Å². The lowest BCUT2D eigenvalue weighted by Crippen LogP contribution is -2.02. The second-order valence-corrected chi connectivity index (χ2v) is 4.50. The van der Waals surface area contributed by atoms with Gasteiger partial charge in [-0.3, -0.25) is 9.67 Å². The van der Waals surface area contributed by atoms with Gasteiger partial charge in [0.15, 0.2) is 5.34 Å². The van der Waals surface area contributed by atoms with Crippen molar-refractivity contribution in [3.05, 3.63) is 39.6 Å². The van der Waals surface area contributed by atoms with Crippen LogP contribution in [0.25, 0.3) is 11.3 Å². The second kappa shape index (κ2) is 8.38. The van der Waals surface area contributed by atoms with Crippen LogP contribution in [-0.2, 0) is 13.0 Å².